The molecule has 1 saturated heterocycles. The first kappa shape index (κ1) is 28.7. The number of piperidine rings is 1. The van der Waals surface area contributed by atoms with E-state index in [0.717, 1.165) is 43.8 Å². The maximum Gasteiger partial charge on any atom is 0.416 e. The van der Waals surface area contributed by atoms with Crippen molar-refractivity contribution in [3.63, 3.8) is 0 Å². The zero-order valence-corrected chi connectivity index (χ0v) is 22.7. The lowest BCUT2D eigenvalue weighted by atomic mass is 9.97. The van der Waals surface area contributed by atoms with Crippen LogP contribution in [-0.2, 0) is 11.0 Å². The van der Waals surface area contributed by atoms with Crippen LogP contribution < -0.4 is 5.32 Å². The molecule has 1 fully saturated rings. The van der Waals surface area contributed by atoms with Gasteiger partial charge in [0, 0.05) is 24.5 Å². The van der Waals surface area contributed by atoms with Crippen LogP contribution in [0.3, 0.4) is 0 Å². The van der Waals surface area contributed by atoms with Gasteiger partial charge in [0.2, 0.25) is 5.91 Å². The highest BCUT2D eigenvalue weighted by Gasteiger charge is 2.31. The normalized spacial score (nSPS) is 15.3. The maximum atomic E-state index is 13.4. The molecule has 2 heterocycles. The molecule has 2 aromatic carbocycles. The number of halogens is 4. The van der Waals surface area contributed by atoms with Gasteiger partial charge in [-0.15, -0.1) is 0 Å². The van der Waals surface area contributed by atoms with Gasteiger partial charge in [-0.1, -0.05) is 30.7 Å². The summed E-state index contributed by atoms with van der Waals surface area (Å²) in [5.74, 6) is 0.185. The van der Waals surface area contributed by atoms with Crippen LogP contribution in [0.5, 0.6) is 0 Å². The average molecular weight is 561 g/mol. The number of benzene rings is 2. The third-order valence-electron chi connectivity index (χ3n) is 7.27. The van der Waals surface area contributed by atoms with Crippen LogP contribution in [0.4, 0.5) is 13.2 Å². The molecule has 0 unspecified atom stereocenters. The molecule has 1 N–H and O–H groups in total. The number of nitrogens with one attached hydrogen (secondary N) is 1. The SMILES string of the molecule is Cc1c(C(=O)N[C@@H](CCCC(=O)N2CCC(C)CC2)c2cccc(C(F)(F)F)c2)cnn1-c1ccc(Cl)cc1. The number of nitrogens with zero attached hydrogens (tertiary/aromatic N) is 3. The Hall–Kier alpha value is -3.33. The van der Waals surface area contributed by atoms with E-state index in [9.17, 15) is 22.8 Å². The zero-order valence-electron chi connectivity index (χ0n) is 22.0. The topological polar surface area (TPSA) is 67.2 Å². The van der Waals surface area contributed by atoms with Gasteiger partial charge in [0.1, 0.15) is 0 Å². The van der Waals surface area contributed by atoms with Crippen molar-refractivity contribution in [3.05, 3.63) is 82.1 Å². The summed E-state index contributed by atoms with van der Waals surface area (Å²) >= 11 is 5.97. The third kappa shape index (κ3) is 7.20. The third-order valence-corrected chi connectivity index (χ3v) is 7.52. The average Bonchev–Trinajstić information content (AvgIpc) is 3.29. The van der Waals surface area contributed by atoms with E-state index in [0.29, 0.717) is 40.6 Å². The van der Waals surface area contributed by atoms with Crippen LogP contribution in [-0.4, -0.2) is 39.6 Å². The predicted octanol–water partition coefficient (Wildman–Crippen LogP) is 6.75. The van der Waals surface area contributed by atoms with E-state index < -0.39 is 23.7 Å². The van der Waals surface area contributed by atoms with Crippen LogP contribution >= 0.6 is 11.6 Å². The highest BCUT2D eigenvalue weighted by molar-refractivity contribution is 6.30. The van der Waals surface area contributed by atoms with Gasteiger partial charge in [-0.05, 0) is 80.5 Å². The minimum absolute atomic E-state index is 0.0381. The maximum absolute atomic E-state index is 13.4. The molecule has 1 atom stereocenters. The molecule has 1 aliphatic heterocycles. The van der Waals surface area contributed by atoms with Crippen LogP contribution in [0.25, 0.3) is 5.69 Å². The van der Waals surface area contributed by atoms with E-state index in [-0.39, 0.29) is 12.3 Å². The van der Waals surface area contributed by atoms with Crippen molar-refractivity contribution in [2.45, 2.75) is 58.2 Å². The number of carbonyl (C=O) groups excluding carboxylic acids is 2. The van der Waals surface area contributed by atoms with Gasteiger partial charge in [0.15, 0.2) is 0 Å². The molecule has 3 aromatic rings. The van der Waals surface area contributed by atoms with E-state index in [1.807, 2.05) is 4.90 Å². The summed E-state index contributed by atoms with van der Waals surface area (Å²) in [4.78, 5) is 27.9. The monoisotopic (exact) mass is 560 g/mol. The molecule has 6 nitrogen and oxygen atoms in total. The van der Waals surface area contributed by atoms with Gasteiger partial charge in [-0.2, -0.15) is 18.3 Å². The molecule has 2 amide bonds. The van der Waals surface area contributed by atoms with Crippen molar-refractivity contribution in [3.8, 4) is 5.69 Å². The molecule has 0 aliphatic carbocycles. The second kappa shape index (κ2) is 12.2. The fraction of sp³-hybridized carbons (Fsp3) is 0.414. The number of hydrogen-bond acceptors (Lipinski definition) is 3. The van der Waals surface area contributed by atoms with Gasteiger partial charge in [0.25, 0.3) is 5.91 Å². The number of rotatable bonds is 8. The lowest BCUT2D eigenvalue weighted by molar-refractivity contribution is -0.137. The highest BCUT2D eigenvalue weighted by Crippen LogP contribution is 2.32. The van der Waals surface area contributed by atoms with Crippen molar-refractivity contribution in [1.29, 1.82) is 0 Å². The van der Waals surface area contributed by atoms with E-state index in [4.69, 9.17) is 11.6 Å². The molecule has 0 saturated carbocycles. The van der Waals surface area contributed by atoms with E-state index in [1.54, 1.807) is 41.9 Å². The summed E-state index contributed by atoms with van der Waals surface area (Å²) in [6.45, 7) is 5.37. The molecule has 1 aliphatic rings. The Morgan fingerprint density at radius 1 is 1.13 bits per heavy atom. The Balaban J connectivity index is 1.51. The van der Waals surface area contributed by atoms with Crippen molar-refractivity contribution in [2.24, 2.45) is 5.92 Å². The highest BCUT2D eigenvalue weighted by atomic mass is 35.5. The number of alkyl halides is 3. The number of likely N-dealkylation sites (tertiary alicyclic amines) is 1. The van der Waals surface area contributed by atoms with E-state index >= 15 is 0 Å². The molecule has 1 aromatic heterocycles. The summed E-state index contributed by atoms with van der Waals surface area (Å²) in [6.07, 6.45) is -0.128. The van der Waals surface area contributed by atoms with Crippen LogP contribution in [0.2, 0.25) is 5.02 Å². The summed E-state index contributed by atoms with van der Waals surface area (Å²) in [6, 6.07) is 11.2. The smallest absolute Gasteiger partial charge is 0.345 e. The Bertz CT molecular complexity index is 1300. The molecule has 208 valence electrons. The largest absolute Gasteiger partial charge is 0.416 e. The van der Waals surface area contributed by atoms with Crippen LogP contribution in [0.1, 0.15) is 72.2 Å². The van der Waals surface area contributed by atoms with Gasteiger partial charge >= 0.3 is 6.18 Å². The molecule has 4 rings (SSSR count). The molecule has 10 heteroatoms. The molecule has 0 spiro atoms. The minimum atomic E-state index is -4.51. The Morgan fingerprint density at radius 2 is 1.82 bits per heavy atom. The Morgan fingerprint density at radius 3 is 2.49 bits per heavy atom. The first-order valence-corrected chi connectivity index (χ1v) is 13.5. The molecule has 0 radical (unpaired) electrons. The quantitative estimate of drug-likeness (QED) is 0.331. The number of carbonyl (C=O) groups is 2. The molecule has 0 bridgehead atoms. The first-order chi connectivity index (χ1) is 18.5. The van der Waals surface area contributed by atoms with Crippen LogP contribution in [0, 0.1) is 12.8 Å². The van der Waals surface area contributed by atoms with E-state index in [2.05, 4.69) is 17.3 Å². The van der Waals surface area contributed by atoms with Crippen molar-refractivity contribution < 1.29 is 22.8 Å². The molecule has 39 heavy (non-hydrogen) atoms. The number of amides is 2. The summed E-state index contributed by atoms with van der Waals surface area (Å²) < 4.78 is 41.9. The van der Waals surface area contributed by atoms with Crippen LogP contribution in [0.15, 0.2) is 54.7 Å². The fourth-order valence-corrected chi connectivity index (χ4v) is 4.96. The molecular weight excluding hydrogens is 529 g/mol. The molecular formula is C29H32ClF3N4O2. The Labute approximate surface area is 231 Å². The second-order valence-corrected chi connectivity index (χ2v) is 10.6. The zero-order chi connectivity index (χ0) is 28.2. The second-order valence-electron chi connectivity index (χ2n) is 10.1. The summed E-state index contributed by atoms with van der Waals surface area (Å²) in [5, 5.41) is 7.78. The standard InChI is InChI=1S/C29H32ClF3N4O2/c1-19-13-15-36(16-14-19)27(38)8-4-7-26(21-5-3-6-22(17-21)29(31,32)33)35-28(39)25-18-34-37(20(25)2)24-11-9-23(30)10-12-24/h3,5-6,9-12,17-19,26H,4,7-8,13-16H2,1-2H3,(H,35,39)/t26-/m0/s1. The van der Waals surface area contributed by atoms with Gasteiger partial charge in [-0.25, -0.2) is 4.68 Å². The summed E-state index contributed by atoms with van der Waals surface area (Å²) in [5.41, 5.74) is 1.15. The van der Waals surface area contributed by atoms with Crippen molar-refractivity contribution >= 4 is 23.4 Å². The van der Waals surface area contributed by atoms with Gasteiger partial charge < -0.3 is 10.2 Å². The Kier molecular flexibility index (Phi) is 9.00. The lowest BCUT2D eigenvalue weighted by Gasteiger charge is -2.30. The van der Waals surface area contributed by atoms with E-state index in [1.165, 1.54) is 12.3 Å². The van der Waals surface area contributed by atoms with Crippen molar-refractivity contribution in [2.75, 3.05) is 13.1 Å². The fourth-order valence-electron chi connectivity index (χ4n) is 4.84. The number of hydrogen-bond donors (Lipinski definition) is 1. The summed E-state index contributed by atoms with van der Waals surface area (Å²) in [7, 11) is 0. The first-order valence-electron chi connectivity index (χ1n) is 13.1. The lowest BCUT2D eigenvalue weighted by Crippen LogP contribution is -2.37. The minimum Gasteiger partial charge on any atom is -0.345 e. The number of aromatic nitrogens is 2. The predicted molar refractivity (Wildman–Crippen MR) is 144 cm³/mol. The van der Waals surface area contributed by atoms with Gasteiger partial charge in [0.05, 0.1) is 34.7 Å². The van der Waals surface area contributed by atoms with Crippen molar-refractivity contribution in [1.82, 2.24) is 20.0 Å². The van der Waals surface area contributed by atoms with Gasteiger partial charge in [-0.3, -0.25) is 9.59 Å².